The summed E-state index contributed by atoms with van der Waals surface area (Å²) in [4.78, 5) is 11.2. The first-order valence-corrected chi connectivity index (χ1v) is 4.47. The van der Waals surface area contributed by atoms with E-state index in [1.165, 1.54) is 0 Å². The van der Waals surface area contributed by atoms with Gasteiger partial charge in [0, 0.05) is 12.1 Å². The lowest BCUT2D eigenvalue weighted by molar-refractivity contribution is 0.0503. The normalized spacial score (nSPS) is 15.0. The van der Waals surface area contributed by atoms with Gasteiger partial charge in [0.15, 0.2) is 0 Å². The number of nitrogens with one attached hydrogen (secondary N) is 1. The zero-order valence-corrected chi connectivity index (χ0v) is 10.3. The maximum Gasteiger partial charge on any atom is 0.407 e. The monoisotopic (exact) mass is 224 g/mol. The van der Waals surface area contributed by atoms with Crippen molar-refractivity contribution >= 4 is 18.5 Å². The van der Waals surface area contributed by atoms with Gasteiger partial charge in [0.2, 0.25) is 0 Å². The highest BCUT2D eigenvalue weighted by Gasteiger charge is 2.18. The maximum absolute atomic E-state index is 11.2. The van der Waals surface area contributed by atoms with Crippen molar-refractivity contribution in [1.82, 2.24) is 5.32 Å². The summed E-state index contributed by atoms with van der Waals surface area (Å²) >= 11 is 0. The van der Waals surface area contributed by atoms with Crippen LogP contribution in [0.4, 0.5) is 4.79 Å². The Morgan fingerprint density at radius 1 is 1.36 bits per heavy atom. The van der Waals surface area contributed by atoms with Crippen molar-refractivity contribution in [1.29, 1.82) is 0 Å². The number of ether oxygens (including phenoxy) is 1. The van der Waals surface area contributed by atoms with Crippen LogP contribution in [-0.4, -0.2) is 23.8 Å². The highest BCUT2D eigenvalue weighted by atomic mass is 35.5. The molecule has 4 nitrogen and oxygen atoms in total. The lowest BCUT2D eigenvalue weighted by atomic mass is 10.2. The fourth-order valence-corrected chi connectivity index (χ4v) is 0.625. The van der Waals surface area contributed by atoms with E-state index in [0.717, 1.165) is 0 Å². The molecule has 0 radical (unpaired) electrons. The summed E-state index contributed by atoms with van der Waals surface area (Å²) in [5.74, 6) is 0. The van der Waals surface area contributed by atoms with Crippen LogP contribution < -0.4 is 11.1 Å². The number of hydrogen-bond acceptors (Lipinski definition) is 3. The SMILES string of the molecule is C[C@H](N)[C@@H](C)NC(=O)OC(C)(C)C.Cl. The van der Waals surface area contributed by atoms with Crippen LogP contribution in [0, 0.1) is 0 Å². The molecule has 0 unspecified atom stereocenters. The van der Waals surface area contributed by atoms with Gasteiger partial charge in [0.25, 0.3) is 0 Å². The van der Waals surface area contributed by atoms with Gasteiger partial charge in [-0.1, -0.05) is 0 Å². The molecular formula is C9H21ClN2O2. The van der Waals surface area contributed by atoms with E-state index < -0.39 is 11.7 Å². The molecule has 0 aromatic rings. The number of rotatable bonds is 2. The fraction of sp³-hybridized carbons (Fsp3) is 0.889. The molecule has 5 heteroatoms. The third-order valence-corrected chi connectivity index (χ3v) is 1.53. The molecule has 0 fully saturated rings. The minimum absolute atomic E-state index is 0. The average molecular weight is 225 g/mol. The van der Waals surface area contributed by atoms with E-state index in [1.54, 1.807) is 0 Å². The van der Waals surface area contributed by atoms with E-state index in [-0.39, 0.29) is 24.5 Å². The zero-order chi connectivity index (χ0) is 10.6. The highest BCUT2D eigenvalue weighted by Crippen LogP contribution is 2.06. The molecule has 0 bridgehead atoms. The number of nitrogens with two attached hydrogens (primary N) is 1. The molecule has 0 heterocycles. The third-order valence-electron chi connectivity index (χ3n) is 1.53. The molecule has 0 aromatic carbocycles. The summed E-state index contributed by atoms with van der Waals surface area (Å²) in [5.41, 5.74) is 5.12. The van der Waals surface area contributed by atoms with Crippen molar-refractivity contribution in [2.75, 3.05) is 0 Å². The van der Waals surface area contributed by atoms with Gasteiger partial charge in [0.05, 0.1) is 0 Å². The fourth-order valence-electron chi connectivity index (χ4n) is 0.625. The Morgan fingerprint density at radius 2 is 1.79 bits per heavy atom. The van der Waals surface area contributed by atoms with Gasteiger partial charge in [0.1, 0.15) is 5.60 Å². The van der Waals surface area contributed by atoms with Crippen LogP contribution in [0.25, 0.3) is 0 Å². The molecule has 2 atom stereocenters. The van der Waals surface area contributed by atoms with Crippen LogP contribution in [0.5, 0.6) is 0 Å². The van der Waals surface area contributed by atoms with Gasteiger partial charge in [-0.15, -0.1) is 12.4 Å². The Balaban J connectivity index is 0. The van der Waals surface area contributed by atoms with E-state index in [4.69, 9.17) is 10.5 Å². The summed E-state index contributed by atoms with van der Waals surface area (Å²) in [5, 5.41) is 2.65. The molecule has 0 aromatic heterocycles. The van der Waals surface area contributed by atoms with Crippen LogP contribution in [0.1, 0.15) is 34.6 Å². The summed E-state index contributed by atoms with van der Waals surface area (Å²) in [7, 11) is 0. The van der Waals surface area contributed by atoms with E-state index in [9.17, 15) is 4.79 Å². The molecule has 3 N–H and O–H groups in total. The molecular weight excluding hydrogens is 204 g/mol. The molecule has 86 valence electrons. The zero-order valence-electron chi connectivity index (χ0n) is 9.46. The summed E-state index contributed by atoms with van der Waals surface area (Å²) in [6.07, 6.45) is -0.419. The average Bonchev–Trinajstić information content (AvgIpc) is 1.81. The number of alkyl carbamates (subject to hydrolysis) is 1. The Hall–Kier alpha value is -0.480. The molecule has 0 aliphatic heterocycles. The quantitative estimate of drug-likeness (QED) is 0.750. The molecule has 0 aliphatic carbocycles. The third kappa shape index (κ3) is 8.13. The lowest BCUT2D eigenvalue weighted by Crippen LogP contribution is -2.45. The molecule has 0 saturated carbocycles. The van der Waals surface area contributed by atoms with Gasteiger partial charge in [-0.25, -0.2) is 4.79 Å². The molecule has 0 saturated heterocycles. The molecule has 14 heavy (non-hydrogen) atoms. The molecule has 1 amide bonds. The first-order chi connectivity index (χ1) is 5.72. The number of hydrogen-bond donors (Lipinski definition) is 2. The Bertz CT molecular complexity index is 178. The van der Waals surface area contributed by atoms with E-state index in [1.807, 2.05) is 34.6 Å². The second-order valence-corrected chi connectivity index (χ2v) is 4.29. The molecule has 0 aliphatic rings. The van der Waals surface area contributed by atoms with Crippen LogP contribution in [0.15, 0.2) is 0 Å². The summed E-state index contributed by atoms with van der Waals surface area (Å²) < 4.78 is 5.05. The van der Waals surface area contributed by atoms with Gasteiger partial charge in [-0.3, -0.25) is 0 Å². The van der Waals surface area contributed by atoms with Crippen molar-refractivity contribution in [2.24, 2.45) is 5.73 Å². The Morgan fingerprint density at radius 3 is 2.07 bits per heavy atom. The summed E-state index contributed by atoms with van der Waals surface area (Å²) in [6, 6.07) is -0.151. The van der Waals surface area contributed by atoms with Crippen LogP contribution >= 0.6 is 12.4 Å². The smallest absolute Gasteiger partial charge is 0.407 e. The molecule has 0 rings (SSSR count). The van der Waals surface area contributed by atoms with Crippen LogP contribution in [0.2, 0.25) is 0 Å². The van der Waals surface area contributed by atoms with Crippen LogP contribution in [-0.2, 0) is 4.74 Å². The topological polar surface area (TPSA) is 64.3 Å². The highest BCUT2D eigenvalue weighted by molar-refractivity contribution is 5.85. The second-order valence-electron chi connectivity index (χ2n) is 4.29. The lowest BCUT2D eigenvalue weighted by Gasteiger charge is -2.23. The van der Waals surface area contributed by atoms with E-state index in [0.29, 0.717) is 0 Å². The first kappa shape index (κ1) is 16.0. The van der Waals surface area contributed by atoms with Crippen molar-refractivity contribution < 1.29 is 9.53 Å². The number of carbonyl (C=O) groups excluding carboxylic acids is 1. The standard InChI is InChI=1S/C9H20N2O2.ClH/c1-6(10)7(2)11-8(12)13-9(3,4)5;/h6-7H,10H2,1-5H3,(H,11,12);1H/t6-,7+;/m0./s1. The summed E-state index contributed by atoms with van der Waals surface area (Å²) in [6.45, 7) is 9.14. The Labute approximate surface area is 92.0 Å². The minimum atomic E-state index is -0.457. The van der Waals surface area contributed by atoms with Gasteiger partial charge in [-0.05, 0) is 34.6 Å². The minimum Gasteiger partial charge on any atom is -0.444 e. The first-order valence-electron chi connectivity index (χ1n) is 4.47. The van der Waals surface area contributed by atoms with Crippen molar-refractivity contribution in [3.63, 3.8) is 0 Å². The predicted octanol–water partition coefficient (Wildman–Crippen LogP) is 1.67. The number of carbonyl (C=O) groups is 1. The van der Waals surface area contributed by atoms with E-state index in [2.05, 4.69) is 5.32 Å². The van der Waals surface area contributed by atoms with Crippen molar-refractivity contribution in [3.05, 3.63) is 0 Å². The Kier molecular flexibility index (Phi) is 6.94. The second kappa shape index (κ2) is 6.09. The maximum atomic E-state index is 11.2. The largest absolute Gasteiger partial charge is 0.444 e. The number of halogens is 1. The number of amides is 1. The molecule has 0 spiro atoms. The van der Waals surface area contributed by atoms with E-state index >= 15 is 0 Å². The predicted molar refractivity (Wildman–Crippen MR) is 59.7 cm³/mol. The van der Waals surface area contributed by atoms with Crippen molar-refractivity contribution in [3.8, 4) is 0 Å². The van der Waals surface area contributed by atoms with Crippen LogP contribution in [0.3, 0.4) is 0 Å². The van der Waals surface area contributed by atoms with Gasteiger partial charge >= 0.3 is 6.09 Å². The van der Waals surface area contributed by atoms with Crippen molar-refractivity contribution in [2.45, 2.75) is 52.3 Å². The van der Waals surface area contributed by atoms with Gasteiger partial charge in [-0.2, -0.15) is 0 Å². The van der Waals surface area contributed by atoms with Gasteiger partial charge < -0.3 is 15.8 Å².